The van der Waals surface area contributed by atoms with Crippen LogP contribution >= 0.6 is 0 Å². The number of halogens is 3. The minimum Gasteiger partial charge on any atom is -0.481 e. The van der Waals surface area contributed by atoms with Gasteiger partial charge in [-0.25, -0.2) is 0 Å². The first kappa shape index (κ1) is 75.6. The average molecular weight is 1170 g/mol. The molecule has 14 heteroatoms. The highest BCUT2D eigenvalue weighted by Crippen LogP contribution is 2.39. The second kappa shape index (κ2) is 30.1. The van der Waals surface area contributed by atoms with E-state index >= 15 is 0 Å². The SMILES string of the molecule is CC(=O)C(C)(CO)CCc1ccc(C)c(C(C)(C)C)c1.CC(C)(C)c1cc(CC[C@](C)(CO)C(=O)O)ccc1C(F)(F)F.Cc1ccc(CCC(C)(CO)C(=O)O)cc1C(C)(C)C.Cc1ccc(CC[C@](C)(CO)C(=O)O)cc1C(C)(C)C. The number of hydrogen-bond acceptors (Lipinski definition) is 8. The molecule has 0 amide bonds. The summed E-state index contributed by atoms with van der Waals surface area (Å²) in [5, 5.41) is 64.7. The highest BCUT2D eigenvalue weighted by Gasteiger charge is 2.38. The largest absolute Gasteiger partial charge is 0.481 e. The maximum Gasteiger partial charge on any atom is 0.416 e. The summed E-state index contributed by atoms with van der Waals surface area (Å²) >= 11 is 0. The summed E-state index contributed by atoms with van der Waals surface area (Å²) in [6.45, 7) is 37.9. The van der Waals surface area contributed by atoms with Crippen LogP contribution in [-0.4, -0.2) is 85.9 Å². The van der Waals surface area contributed by atoms with Crippen molar-refractivity contribution in [3.05, 3.63) is 140 Å². The zero-order valence-electron chi connectivity index (χ0n) is 53.8. The van der Waals surface area contributed by atoms with E-state index in [0.29, 0.717) is 37.7 Å². The van der Waals surface area contributed by atoms with E-state index in [9.17, 15) is 63.0 Å². The molecular formula is C69H103F3O11. The van der Waals surface area contributed by atoms with E-state index < -0.39 is 63.3 Å². The standard InChI is InChI=1S/C18H28O2.C17H23F3O3.2C17H26O3/c1-13-7-8-15(11-16(13)17(3,4)5)9-10-18(6,12-19)14(2)20;1-15(2,3)13-9-11(5-6-12(13)17(18,19)20)7-8-16(4,10-21)14(22)23;2*1-12-6-7-13(10-14(12)16(2,3)4)8-9-17(5,11-18)15(19)20/h7-8,11,19H,9-10,12H2,1-6H3;5-6,9,21H,7-8,10H2,1-4H3,(H,22,23);2*6-7,10,18H,8-9,11H2,1-5H3,(H,19,20)/t;16-;17-;/m.11./s1. The third-order valence-corrected chi connectivity index (χ3v) is 16.2. The maximum absolute atomic E-state index is 13.1. The fourth-order valence-corrected chi connectivity index (χ4v) is 9.32. The normalized spacial score (nSPS) is 15.0. The van der Waals surface area contributed by atoms with E-state index in [1.54, 1.807) is 41.5 Å². The van der Waals surface area contributed by atoms with Crippen molar-refractivity contribution in [3.63, 3.8) is 0 Å². The Bertz CT molecular complexity index is 2570. The molecule has 4 rings (SSSR count). The molecule has 2 unspecified atom stereocenters. The number of carboxylic acid groups (broad SMARTS) is 3. The van der Waals surface area contributed by atoms with Gasteiger partial charge in [-0.1, -0.05) is 157 Å². The Morgan fingerprint density at radius 2 is 0.566 bits per heavy atom. The first-order valence-electron chi connectivity index (χ1n) is 28.8. The van der Waals surface area contributed by atoms with Crippen LogP contribution in [0.3, 0.4) is 0 Å². The van der Waals surface area contributed by atoms with Gasteiger partial charge in [0.25, 0.3) is 0 Å². The molecule has 7 N–H and O–H groups in total. The number of carbonyl (C=O) groups is 4. The number of aliphatic hydroxyl groups is 4. The van der Waals surface area contributed by atoms with E-state index in [2.05, 4.69) is 126 Å². The third kappa shape index (κ3) is 22.8. The summed E-state index contributed by atoms with van der Waals surface area (Å²) in [6.07, 6.45) is -0.304. The predicted octanol–water partition coefficient (Wildman–Crippen LogP) is 14.4. The van der Waals surface area contributed by atoms with Crippen LogP contribution in [0.15, 0.2) is 72.8 Å². The molecule has 466 valence electrons. The molecule has 4 atom stereocenters. The molecule has 0 saturated carbocycles. The average Bonchev–Trinajstić information content (AvgIpc) is 3.57. The smallest absolute Gasteiger partial charge is 0.416 e. The topological polar surface area (TPSA) is 210 Å². The predicted molar refractivity (Wildman–Crippen MR) is 327 cm³/mol. The van der Waals surface area contributed by atoms with Crippen molar-refractivity contribution in [1.29, 1.82) is 0 Å². The number of rotatable bonds is 20. The van der Waals surface area contributed by atoms with Gasteiger partial charge in [0.15, 0.2) is 0 Å². The molecule has 0 aliphatic heterocycles. The fraction of sp³-hybridized carbons (Fsp3) is 0.594. The lowest BCUT2D eigenvalue weighted by Crippen LogP contribution is -2.32. The zero-order valence-corrected chi connectivity index (χ0v) is 53.8. The molecule has 11 nitrogen and oxygen atoms in total. The van der Waals surface area contributed by atoms with E-state index in [4.69, 9.17) is 5.11 Å². The Morgan fingerprint density at radius 3 is 0.759 bits per heavy atom. The van der Waals surface area contributed by atoms with E-state index in [0.717, 1.165) is 23.6 Å². The van der Waals surface area contributed by atoms with E-state index in [1.807, 2.05) is 19.1 Å². The van der Waals surface area contributed by atoms with Crippen LogP contribution in [-0.2, 0) is 72.7 Å². The number of benzene rings is 4. The van der Waals surface area contributed by atoms with Gasteiger partial charge >= 0.3 is 24.1 Å². The number of aryl methyl sites for hydroxylation is 7. The number of aliphatic hydroxyl groups excluding tert-OH is 4. The van der Waals surface area contributed by atoms with Crippen LogP contribution in [0.2, 0.25) is 0 Å². The lowest BCUT2D eigenvalue weighted by molar-refractivity contribution is -0.151. The second-order valence-corrected chi connectivity index (χ2v) is 28.2. The molecule has 0 aliphatic carbocycles. The van der Waals surface area contributed by atoms with Gasteiger partial charge in [-0.15, -0.1) is 0 Å². The number of hydrogen-bond donors (Lipinski definition) is 7. The van der Waals surface area contributed by atoms with Crippen molar-refractivity contribution in [2.45, 2.75) is 218 Å². The molecular weight excluding hydrogens is 1060 g/mol. The van der Waals surface area contributed by atoms with Crippen LogP contribution in [0.4, 0.5) is 13.2 Å². The van der Waals surface area contributed by atoms with Gasteiger partial charge in [0.1, 0.15) is 5.78 Å². The number of aliphatic carboxylic acids is 3. The first-order chi connectivity index (χ1) is 37.6. The van der Waals surface area contributed by atoms with Crippen LogP contribution in [0.25, 0.3) is 0 Å². The molecule has 0 heterocycles. The quantitative estimate of drug-likeness (QED) is 0.0443. The summed E-state index contributed by atoms with van der Waals surface area (Å²) in [4.78, 5) is 45.2. The number of carbonyl (C=O) groups excluding carboxylic acids is 1. The van der Waals surface area contributed by atoms with Crippen LogP contribution < -0.4 is 0 Å². The Balaban J connectivity index is 0.000000554. The summed E-state index contributed by atoms with van der Waals surface area (Å²) in [6, 6.07) is 23.0. The fourth-order valence-electron chi connectivity index (χ4n) is 9.32. The van der Waals surface area contributed by atoms with E-state index in [-0.39, 0.29) is 60.3 Å². The first-order valence-corrected chi connectivity index (χ1v) is 28.8. The molecule has 0 saturated heterocycles. The summed E-state index contributed by atoms with van der Waals surface area (Å²) in [5.41, 5.74) is 6.92. The molecule has 0 aliphatic rings. The van der Waals surface area contributed by atoms with Crippen molar-refractivity contribution in [2.24, 2.45) is 21.7 Å². The highest BCUT2D eigenvalue weighted by molar-refractivity contribution is 5.82. The maximum atomic E-state index is 13.1. The molecule has 0 fully saturated rings. The van der Waals surface area contributed by atoms with Crippen LogP contribution in [0.5, 0.6) is 0 Å². The molecule has 83 heavy (non-hydrogen) atoms. The Kier molecular flexibility index (Phi) is 27.4. The zero-order chi connectivity index (χ0) is 64.7. The molecule has 0 spiro atoms. The van der Waals surface area contributed by atoms with Crippen molar-refractivity contribution >= 4 is 23.7 Å². The number of alkyl halides is 3. The van der Waals surface area contributed by atoms with Gasteiger partial charge in [-0.3, -0.25) is 19.2 Å². The van der Waals surface area contributed by atoms with Crippen LogP contribution in [0, 0.1) is 42.4 Å². The van der Waals surface area contributed by atoms with Crippen LogP contribution in [0.1, 0.15) is 210 Å². The number of carboxylic acids is 3. The van der Waals surface area contributed by atoms with Gasteiger partial charge in [0.2, 0.25) is 0 Å². The second-order valence-electron chi connectivity index (χ2n) is 28.2. The lowest BCUT2D eigenvalue weighted by atomic mass is 9.79. The van der Waals surface area contributed by atoms with Gasteiger partial charge in [-0.05, 0) is 189 Å². The molecule has 0 aromatic heterocycles. The lowest BCUT2D eigenvalue weighted by Gasteiger charge is -2.26. The summed E-state index contributed by atoms with van der Waals surface area (Å²) < 4.78 is 39.4. The van der Waals surface area contributed by atoms with Gasteiger partial charge in [-0.2, -0.15) is 13.2 Å². The third-order valence-electron chi connectivity index (χ3n) is 16.2. The van der Waals surface area contributed by atoms with Crippen molar-refractivity contribution in [1.82, 2.24) is 0 Å². The highest BCUT2D eigenvalue weighted by atomic mass is 19.4. The summed E-state index contributed by atoms with van der Waals surface area (Å²) in [7, 11) is 0. The molecule has 0 radical (unpaired) electrons. The minimum absolute atomic E-state index is 0.0585. The molecule has 4 aromatic rings. The Labute approximate surface area is 495 Å². The van der Waals surface area contributed by atoms with E-state index in [1.165, 1.54) is 58.0 Å². The van der Waals surface area contributed by atoms with Gasteiger partial charge in [0, 0.05) is 5.41 Å². The van der Waals surface area contributed by atoms with Crippen molar-refractivity contribution in [3.8, 4) is 0 Å². The van der Waals surface area contributed by atoms with Crippen molar-refractivity contribution in [2.75, 3.05) is 26.4 Å². The number of ketones is 1. The monoisotopic (exact) mass is 1160 g/mol. The minimum atomic E-state index is -4.43. The molecule has 4 aromatic carbocycles. The van der Waals surface area contributed by atoms with Gasteiger partial charge < -0.3 is 35.7 Å². The summed E-state index contributed by atoms with van der Waals surface area (Å²) in [5.74, 6) is -2.95. The van der Waals surface area contributed by atoms with Gasteiger partial charge in [0.05, 0.1) is 48.2 Å². The Hall–Kier alpha value is -5.41. The Morgan fingerprint density at radius 1 is 0.349 bits per heavy atom. The number of Topliss-reactive ketones (excluding diaryl/α,β-unsaturated/α-hetero) is 1. The molecule has 0 bridgehead atoms. The van der Waals surface area contributed by atoms with Crippen molar-refractivity contribution < 1.29 is 68.1 Å².